The Labute approximate surface area is 200 Å². The van der Waals surface area contributed by atoms with Crippen molar-refractivity contribution in [2.75, 3.05) is 0 Å². The highest BCUT2D eigenvalue weighted by atomic mass is 19.4. The number of fused-ring (bicyclic) bond motifs is 3. The molecule has 0 saturated carbocycles. The number of benzene rings is 3. The molecule has 4 aromatic rings. The molecule has 0 saturated heterocycles. The predicted octanol–water partition coefficient (Wildman–Crippen LogP) is 7.15. The van der Waals surface area contributed by atoms with Crippen molar-refractivity contribution < 1.29 is 26.3 Å². The molecule has 4 nitrogen and oxygen atoms in total. The molecule has 0 atom stereocenters. The van der Waals surface area contributed by atoms with E-state index in [0.717, 1.165) is 24.3 Å². The van der Waals surface area contributed by atoms with Gasteiger partial charge in [-0.05, 0) is 24.3 Å². The molecule has 3 aromatic carbocycles. The molecule has 0 fully saturated rings. The largest absolute Gasteiger partial charge is 0.416 e. The maximum atomic E-state index is 13.1. The lowest BCUT2D eigenvalue weighted by Crippen LogP contribution is -2.07. The van der Waals surface area contributed by atoms with Crippen LogP contribution in [0.1, 0.15) is 22.4 Å². The van der Waals surface area contributed by atoms with Gasteiger partial charge in [-0.15, -0.1) is 0 Å². The number of hydrogen-bond acceptors (Lipinski definition) is 4. The Morgan fingerprint density at radius 1 is 0.583 bits per heavy atom. The van der Waals surface area contributed by atoms with E-state index in [-0.39, 0.29) is 33.9 Å². The summed E-state index contributed by atoms with van der Waals surface area (Å²) in [7, 11) is 0. The van der Waals surface area contributed by atoms with Gasteiger partial charge in [0, 0.05) is 22.3 Å². The van der Waals surface area contributed by atoms with Crippen LogP contribution >= 0.6 is 0 Å². The topological polar surface area (TPSA) is 61.9 Å². The standard InChI is InChI=1S/C26H12F6N4/c27-25(28,29)16-9-5-14(6-10-16)20-21(15-7-11-17(12-8-15)26(30,31)32)36-24-22(34-13-33)18-3-1-2-4-19(18)23(24)35-20/h1-12H/b34-22+. The smallest absolute Gasteiger partial charge is 0.243 e. The van der Waals surface area contributed by atoms with E-state index in [4.69, 9.17) is 0 Å². The maximum Gasteiger partial charge on any atom is 0.416 e. The lowest BCUT2D eigenvalue weighted by molar-refractivity contribution is -0.138. The van der Waals surface area contributed by atoms with Gasteiger partial charge in [-0.2, -0.15) is 36.6 Å². The molecule has 0 aliphatic heterocycles. The van der Waals surface area contributed by atoms with Crippen LogP contribution < -0.4 is 0 Å². The minimum Gasteiger partial charge on any atom is -0.243 e. The summed E-state index contributed by atoms with van der Waals surface area (Å²) in [6.45, 7) is 0. The summed E-state index contributed by atoms with van der Waals surface area (Å²) in [5, 5.41) is 9.21. The highest BCUT2D eigenvalue weighted by Crippen LogP contribution is 2.40. The van der Waals surface area contributed by atoms with E-state index in [1.807, 2.05) is 0 Å². The molecule has 0 N–H and O–H groups in total. The molecule has 1 heterocycles. The highest BCUT2D eigenvalue weighted by molar-refractivity contribution is 6.23. The van der Waals surface area contributed by atoms with E-state index in [0.29, 0.717) is 16.8 Å². The minimum absolute atomic E-state index is 0.140. The van der Waals surface area contributed by atoms with Crippen molar-refractivity contribution in [3.63, 3.8) is 0 Å². The molecule has 0 radical (unpaired) electrons. The van der Waals surface area contributed by atoms with E-state index >= 15 is 0 Å². The predicted molar refractivity (Wildman–Crippen MR) is 120 cm³/mol. The van der Waals surface area contributed by atoms with Crippen LogP contribution in [-0.2, 0) is 12.4 Å². The number of nitriles is 1. The average Bonchev–Trinajstić information content (AvgIpc) is 3.15. The van der Waals surface area contributed by atoms with Gasteiger partial charge in [-0.25, -0.2) is 9.97 Å². The third-order valence-electron chi connectivity index (χ3n) is 5.69. The molecule has 1 aliphatic rings. The van der Waals surface area contributed by atoms with Crippen molar-refractivity contribution >= 4 is 5.71 Å². The Morgan fingerprint density at radius 3 is 1.47 bits per heavy atom. The van der Waals surface area contributed by atoms with Gasteiger partial charge in [0.05, 0.1) is 28.2 Å². The molecule has 0 unspecified atom stereocenters. The summed E-state index contributed by atoms with van der Waals surface area (Å²) in [5.74, 6) is 0. The third-order valence-corrected chi connectivity index (χ3v) is 5.69. The van der Waals surface area contributed by atoms with Crippen molar-refractivity contribution in [3.8, 4) is 40.0 Å². The van der Waals surface area contributed by atoms with E-state index in [1.54, 1.807) is 30.5 Å². The second-order valence-corrected chi connectivity index (χ2v) is 7.87. The summed E-state index contributed by atoms with van der Waals surface area (Å²) >= 11 is 0. The van der Waals surface area contributed by atoms with Gasteiger partial charge < -0.3 is 0 Å². The highest BCUT2D eigenvalue weighted by Gasteiger charge is 2.33. The van der Waals surface area contributed by atoms with Crippen LogP contribution in [0.15, 0.2) is 77.8 Å². The third kappa shape index (κ3) is 3.98. The normalized spacial score (nSPS) is 13.9. The molecular weight excluding hydrogens is 482 g/mol. The molecule has 1 aliphatic carbocycles. The van der Waals surface area contributed by atoms with Crippen LogP contribution in [-0.4, -0.2) is 15.7 Å². The molecule has 178 valence electrons. The van der Waals surface area contributed by atoms with Crippen LogP contribution in [0.4, 0.5) is 26.3 Å². The van der Waals surface area contributed by atoms with E-state index in [2.05, 4.69) is 15.0 Å². The van der Waals surface area contributed by atoms with Crippen molar-refractivity contribution in [1.82, 2.24) is 9.97 Å². The van der Waals surface area contributed by atoms with Gasteiger partial charge in [0.2, 0.25) is 6.19 Å². The SMILES string of the molecule is N#C/N=C1\c2ccccc2-c2nc(-c3ccc(C(F)(F)F)cc3)c(-c3ccc(C(F)(F)F)cc3)nc21. The van der Waals surface area contributed by atoms with Gasteiger partial charge in [0.25, 0.3) is 0 Å². The first kappa shape index (κ1) is 23.2. The molecule has 0 bridgehead atoms. The molecule has 0 amide bonds. The lowest BCUT2D eigenvalue weighted by Gasteiger charge is -2.14. The second kappa shape index (κ2) is 8.30. The molecular formula is C26H12F6N4. The average molecular weight is 494 g/mol. The van der Waals surface area contributed by atoms with Crippen molar-refractivity contribution in [2.24, 2.45) is 4.99 Å². The first-order valence-electron chi connectivity index (χ1n) is 10.4. The number of alkyl halides is 6. The van der Waals surface area contributed by atoms with Crippen LogP contribution in [0.25, 0.3) is 33.8 Å². The van der Waals surface area contributed by atoms with Crippen molar-refractivity contribution in [1.29, 1.82) is 5.26 Å². The Balaban J connectivity index is 1.76. The van der Waals surface area contributed by atoms with Gasteiger partial charge in [0.1, 0.15) is 11.4 Å². The van der Waals surface area contributed by atoms with E-state index in [1.165, 1.54) is 24.3 Å². The quantitative estimate of drug-likeness (QED) is 0.193. The summed E-state index contributed by atoms with van der Waals surface area (Å²) < 4.78 is 78.6. The second-order valence-electron chi connectivity index (χ2n) is 7.87. The molecule has 36 heavy (non-hydrogen) atoms. The van der Waals surface area contributed by atoms with Gasteiger partial charge in [0.15, 0.2) is 0 Å². The fourth-order valence-corrected chi connectivity index (χ4v) is 4.01. The number of rotatable bonds is 2. The number of nitrogens with zero attached hydrogens (tertiary/aromatic N) is 4. The molecule has 1 aromatic heterocycles. The number of hydrogen-bond donors (Lipinski definition) is 0. The van der Waals surface area contributed by atoms with Gasteiger partial charge in [-0.1, -0.05) is 48.5 Å². The van der Waals surface area contributed by atoms with Crippen LogP contribution in [0.5, 0.6) is 0 Å². The Bertz CT molecular complexity index is 1540. The van der Waals surface area contributed by atoms with Gasteiger partial charge in [-0.3, -0.25) is 0 Å². The van der Waals surface area contributed by atoms with Crippen LogP contribution in [0.3, 0.4) is 0 Å². The summed E-state index contributed by atoms with van der Waals surface area (Å²) in [4.78, 5) is 13.2. The first-order chi connectivity index (χ1) is 17.1. The fraction of sp³-hybridized carbons (Fsp3) is 0.0769. The van der Waals surface area contributed by atoms with Crippen molar-refractivity contribution in [3.05, 3.63) is 95.2 Å². The fourth-order valence-electron chi connectivity index (χ4n) is 4.01. The van der Waals surface area contributed by atoms with Crippen molar-refractivity contribution in [2.45, 2.75) is 12.4 Å². The summed E-state index contributed by atoms with van der Waals surface area (Å²) in [6, 6.07) is 15.4. The van der Waals surface area contributed by atoms with E-state index in [9.17, 15) is 31.6 Å². The monoisotopic (exact) mass is 494 g/mol. The Hall–Kier alpha value is -4.52. The zero-order valence-electron chi connectivity index (χ0n) is 18.0. The number of halogens is 6. The van der Waals surface area contributed by atoms with Crippen LogP contribution in [0.2, 0.25) is 0 Å². The molecule has 5 rings (SSSR count). The maximum absolute atomic E-state index is 13.1. The number of aromatic nitrogens is 2. The molecule has 0 spiro atoms. The van der Waals surface area contributed by atoms with E-state index < -0.39 is 23.5 Å². The minimum atomic E-state index is -4.55. The Kier molecular flexibility index (Phi) is 5.36. The van der Waals surface area contributed by atoms with Crippen LogP contribution in [0, 0.1) is 11.5 Å². The molecule has 10 heteroatoms. The number of aliphatic imine (C=N–C) groups is 1. The summed E-state index contributed by atoms with van der Waals surface area (Å²) in [6.07, 6.45) is -7.36. The zero-order chi connectivity index (χ0) is 25.7. The zero-order valence-corrected chi connectivity index (χ0v) is 18.0. The summed E-state index contributed by atoms with van der Waals surface area (Å²) in [5.41, 5.74) is 1.24. The lowest BCUT2D eigenvalue weighted by atomic mass is 10.0. The first-order valence-corrected chi connectivity index (χ1v) is 10.4. The Morgan fingerprint density at radius 2 is 1.03 bits per heavy atom. The van der Waals surface area contributed by atoms with Gasteiger partial charge >= 0.3 is 12.4 Å².